The molecule has 2 aliphatic rings. The topological polar surface area (TPSA) is 12.1 Å². The van der Waals surface area contributed by atoms with E-state index in [1.165, 1.54) is 38.8 Å². The van der Waals surface area contributed by atoms with E-state index in [0.29, 0.717) is 0 Å². The summed E-state index contributed by atoms with van der Waals surface area (Å²) in [6.07, 6.45) is 5.34. The number of benzene rings is 1. The molecular weight excluding hydrogens is 301 g/mol. The van der Waals surface area contributed by atoms with Gasteiger partial charge in [0, 0.05) is 12.8 Å². The number of piperazine rings is 1. The van der Waals surface area contributed by atoms with Crippen LogP contribution in [-0.2, 0) is 0 Å². The molecule has 2 heterocycles. The second kappa shape index (κ2) is 8.30. The van der Waals surface area contributed by atoms with Crippen LogP contribution in [0, 0.1) is 5.82 Å². The van der Waals surface area contributed by atoms with Crippen molar-refractivity contribution >= 4 is 5.69 Å². The molecule has 0 aromatic heterocycles. The zero-order valence-electron chi connectivity index (χ0n) is 15.4. The Morgan fingerprint density at radius 3 is 2.25 bits per heavy atom. The quantitative estimate of drug-likeness (QED) is 0.810. The highest BCUT2D eigenvalue weighted by Crippen LogP contribution is 2.18. The van der Waals surface area contributed by atoms with E-state index in [0.717, 1.165) is 44.0 Å². The van der Waals surface area contributed by atoms with Gasteiger partial charge in [-0.15, -0.1) is 0 Å². The molecule has 0 radical (unpaired) electrons. The molecule has 0 spiro atoms. The molecule has 2 fully saturated rings. The van der Waals surface area contributed by atoms with Crippen molar-refractivity contribution in [3.8, 4) is 0 Å². The molecule has 134 valence electrons. The number of hydrogen-bond donors (Lipinski definition) is 2. The van der Waals surface area contributed by atoms with Crippen LogP contribution >= 0.6 is 0 Å². The maximum atomic E-state index is 14.0. The monoisotopic (exact) mass is 335 g/mol. The minimum absolute atomic E-state index is 0.0805. The van der Waals surface area contributed by atoms with Crippen LogP contribution in [0.1, 0.15) is 39.5 Å². The fourth-order valence-corrected chi connectivity index (χ4v) is 4.82. The molecule has 0 aliphatic carbocycles. The Morgan fingerprint density at radius 1 is 1.04 bits per heavy atom. The normalized spacial score (nSPS) is 26.1. The molecule has 2 aliphatic heterocycles. The summed E-state index contributed by atoms with van der Waals surface area (Å²) in [4.78, 5) is 5.82. The van der Waals surface area contributed by atoms with Gasteiger partial charge in [-0.3, -0.25) is 0 Å². The van der Waals surface area contributed by atoms with Crippen molar-refractivity contribution in [2.24, 2.45) is 0 Å². The zero-order valence-corrected chi connectivity index (χ0v) is 15.4. The number of piperidine rings is 1. The summed E-state index contributed by atoms with van der Waals surface area (Å²) in [6, 6.07) is 8.89. The van der Waals surface area contributed by atoms with Gasteiger partial charge >= 0.3 is 0 Å². The van der Waals surface area contributed by atoms with Gasteiger partial charge < -0.3 is 14.7 Å². The molecular formula is C20H34FN3+2. The summed E-state index contributed by atoms with van der Waals surface area (Å²) in [5.74, 6) is -0.0805. The first kappa shape index (κ1) is 17.7. The lowest BCUT2D eigenvalue weighted by molar-refractivity contribution is -0.968. The lowest BCUT2D eigenvalue weighted by Crippen LogP contribution is -3.23. The smallest absolute Gasteiger partial charge is 0.146 e. The van der Waals surface area contributed by atoms with Crippen LogP contribution in [0.25, 0.3) is 0 Å². The largest absolute Gasteiger partial charge is 0.358 e. The summed E-state index contributed by atoms with van der Waals surface area (Å²) in [5.41, 5.74) is 0.782. The van der Waals surface area contributed by atoms with Crippen molar-refractivity contribution in [3.05, 3.63) is 30.1 Å². The summed E-state index contributed by atoms with van der Waals surface area (Å²) in [5, 5.41) is 0. The van der Waals surface area contributed by atoms with Gasteiger partial charge in [-0.05, 0) is 25.0 Å². The van der Waals surface area contributed by atoms with E-state index in [-0.39, 0.29) is 5.82 Å². The summed E-state index contributed by atoms with van der Waals surface area (Å²) < 4.78 is 14.0. The molecule has 0 bridgehead atoms. The maximum Gasteiger partial charge on any atom is 0.146 e. The van der Waals surface area contributed by atoms with Gasteiger partial charge in [0.1, 0.15) is 5.82 Å². The maximum absolute atomic E-state index is 14.0. The first-order chi connectivity index (χ1) is 11.7. The molecule has 0 atom stereocenters. The van der Waals surface area contributed by atoms with Gasteiger partial charge in [0.05, 0.1) is 57.0 Å². The lowest BCUT2D eigenvalue weighted by atomic mass is 9.99. The average molecular weight is 336 g/mol. The van der Waals surface area contributed by atoms with Crippen molar-refractivity contribution in [2.75, 3.05) is 44.2 Å². The number of quaternary nitrogens is 2. The fraction of sp³-hybridized carbons (Fsp3) is 0.700. The molecule has 3 rings (SSSR count). The Labute approximate surface area is 146 Å². The third-order valence-corrected chi connectivity index (χ3v) is 6.37. The van der Waals surface area contributed by atoms with Crippen molar-refractivity contribution in [3.63, 3.8) is 0 Å². The van der Waals surface area contributed by atoms with Gasteiger partial charge in [0.2, 0.25) is 0 Å². The number of likely N-dealkylation sites (tertiary alicyclic amines) is 1. The standard InChI is InChI=1S/C20H32FN3/c1-3-17(4-2)22-11-9-18(10-12-22)23-13-15-24(16-14-23)20-8-6-5-7-19(20)21/h5-8,17-18H,3-4,9-16H2,1-2H3/p+2. The predicted octanol–water partition coefficient (Wildman–Crippen LogP) is 0.767. The number of hydrogen-bond acceptors (Lipinski definition) is 1. The lowest BCUT2D eigenvalue weighted by Gasteiger charge is -2.41. The number of nitrogens with zero attached hydrogens (tertiary/aromatic N) is 1. The first-order valence-electron chi connectivity index (χ1n) is 9.91. The third-order valence-electron chi connectivity index (χ3n) is 6.37. The average Bonchev–Trinajstić information content (AvgIpc) is 2.64. The molecule has 2 N–H and O–H groups in total. The van der Waals surface area contributed by atoms with Crippen LogP contribution in [0.4, 0.5) is 10.1 Å². The van der Waals surface area contributed by atoms with Crippen molar-refractivity contribution < 1.29 is 14.2 Å². The van der Waals surface area contributed by atoms with E-state index in [2.05, 4.69) is 18.7 Å². The van der Waals surface area contributed by atoms with E-state index in [1.807, 2.05) is 17.0 Å². The third kappa shape index (κ3) is 3.92. The van der Waals surface area contributed by atoms with E-state index in [9.17, 15) is 4.39 Å². The van der Waals surface area contributed by atoms with Crippen LogP contribution in [0.3, 0.4) is 0 Å². The second-order valence-corrected chi connectivity index (χ2v) is 7.54. The highest BCUT2D eigenvalue weighted by molar-refractivity contribution is 5.47. The molecule has 1 aromatic rings. The Balaban J connectivity index is 1.49. The minimum atomic E-state index is -0.0805. The Morgan fingerprint density at radius 2 is 1.67 bits per heavy atom. The van der Waals surface area contributed by atoms with Gasteiger partial charge in [-0.1, -0.05) is 26.0 Å². The van der Waals surface area contributed by atoms with E-state index in [1.54, 1.807) is 17.0 Å². The summed E-state index contributed by atoms with van der Waals surface area (Å²) >= 11 is 0. The van der Waals surface area contributed by atoms with Crippen molar-refractivity contribution in [1.29, 1.82) is 0 Å². The molecule has 2 saturated heterocycles. The summed E-state index contributed by atoms with van der Waals surface area (Å²) in [6.45, 7) is 11.6. The molecule has 0 saturated carbocycles. The molecule has 0 unspecified atom stereocenters. The number of anilines is 1. The van der Waals surface area contributed by atoms with E-state index in [4.69, 9.17) is 0 Å². The SMILES string of the molecule is CCC(CC)[NH+]1CCC([NH+]2CCN(c3ccccc3F)CC2)CC1. The van der Waals surface area contributed by atoms with Crippen LogP contribution < -0.4 is 14.7 Å². The molecule has 0 amide bonds. The van der Waals surface area contributed by atoms with Crippen molar-refractivity contribution in [1.82, 2.24) is 0 Å². The van der Waals surface area contributed by atoms with Gasteiger partial charge in [-0.25, -0.2) is 4.39 Å². The number of halogens is 1. The predicted molar refractivity (Wildman–Crippen MR) is 97.4 cm³/mol. The van der Waals surface area contributed by atoms with Crippen LogP contribution in [0.5, 0.6) is 0 Å². The Kier molecular flexibility index (Phi) is 6.12. The zero-order chi connectivity index (χ0) is 16.9. The van der Waals surface area contributed by atoms with Crippen LogP contribution in [0.2, 0.25) is 0 Å². The molecule has 1 aromatic carbocycles. The highest BCUT2D eigenvalue weighted by Gasteiger charge is 2.34. The Bertz CT molecular complexity index is 501. The van der Waals surface area contributed by atoms with E-state index >= 15 is 0 Å². The number of para-hydroxylation sites is 1. The van der Waals surface area contributed by atoms with E-state index < -0.39 is 0 Å². The first-order valence-corrected chi connectivity index (χ1v) is 9.91. The number of rotatable bonds is 5. The highest BCUT2D eigenvalue weighted by atomic mass is 19.1. The van der Waals surface area contributed by atoms with Crippen LogP contribution in [-0.4, -0.2) is 51.4 Å². The molecule has 3 nitrogen and oxygen atoms in total. The van der Waals surface area contributed by atoms with Gasteiger partial charge in [0.15, 0.2) is 0 Å². The minimum Gasteiger partial charge on any atom is -0.358 e. The molecule has 24 heavy (non-hydrogen) atoms. The Hall–Kier alpha value is -1.13. The fourth-order valence-electron chi connectivity index (χ4n) is 4.82. The second-order valence-electron chi connectivity index (χ2n) is 7.54. The van der Waals surface area contributed by atoms with Gasteiger partial charge in [-0.2, -0.15) is 0 Å². The van der Waals surface area contributed by atoms with Gasteiger partial charge in [0.25, 0.3) is 0 Å². The molecule has 4 heteroatoms. The number of nitrogens with one attached hydrogen (secondary N) is 2. The van der Waals surface area contributed by atoms with Crippen LogP contribution in [0.15, 0.2) is 24.3 Å². The summed E-state index contributed by atoms with van der Waals surface area (Å²) in [7, 11) is 0. The van der Waals surface area contributed by atoms with Crippen molar-refractivity contribution in [2.45, 2.75) is 51.6 Å².